The zero-order chi connectivity index (χ0) is 11.4. The van der Waals surface area contributed by atoms with Gasteiger partial charge in [0.05, 0.1) is 0 Å². The first-order valence-corrected chi connectivity index (χ1v) is 6.98. The summed E-state index contributed by atoms with van der Waals surface area (Å²) >= 11 is 1.87. The Hall–Kier alpha value is -0.0900. The lowest BCUT2D eigenvalue weighted by atomic mass is 9.89. The monoisotopic (exact) mass is 274 g/mol. The van der Waals surface area contributed by atoms with Crippen LogP contribution in [-0.4, -0.2) is 38.1 Å². The Kier molecular flexibility index (Phi) is 5.93. The molecular formula is C13H23ClN2S. The standard InChI is InChI=1S/C13H22N2S.ClH/c1-13(6-7-14-10-13)11-15(2)8-5-12-4-3-9-16-12;/h3-4,9,14H,5-8,10-11H2,1-2H3;1H. The topological polar surface area (TPSA) is 15.3 Å². The van der Waals surface area contributed by atoms with Crippen molar-refractivity contribution in [2.75, 3.05) is 33.2 Å². The molecule has 2 rings (SSSR count). The molecule has 1 atom stereocenters. The van der Waals surface area contributed by atoms with Crippen molar-refractivity contribution in [2.45, 2.75) is 19.8 Å². The number of hydrogen-bond donors (Lipinski definition) is 1. The largest absolute Gasteiger partial charge is 0.316 e. The number of hydrogen-bond acceptors (Lipinski definition) is 3. The van der Waals surface area contributed by atoms with Crippen molar-refractivity contribution in [3.8, 4) is 0 Å². The van der Waals surface area contributed by atoms with E-state index in [2.05, 4.69) is 41.7 Å². The number of rotatable bonds is 5. The van der Waals surface area contributed by atoms with Gasteiger partial charge in [0.25, 0.3) is 0 Å². The first-order chi connectivity index (χ1) is 7.68. The van der Waals surface area contributed by atoms with Gasteiger partial charge in [-0.1, -0.05) is 13.0 Å². The average Bonchev–Trinajstić information content (AvgIpc) is 2.86. The van der Waals surface area contributed by atoms with Gasteiger partial charge in [-0.3, -0.25) is 0 Å². The van der Waals surface area contributed by atoms with Crippen LogP contribution >= 0.6 is 23.7 Å². The third-order valence-corrected chi connectivity index (χ3v) is 4.36. The fourth-order valence-corrected chi connectivity index (χ4v) is 3.19. The minimum absolute atomic E-state index is 0. The lowest BCUT2D eigenvalue weighted by Crippen LogP contribution is -2.36. The van der Waals surface area contributed by atoms with Crippen molar-refractivity contribution in [1.82, 2.24) is 10.2 Å². The second kappa shape index (κ2) is 6.74. The Bertz CT molecular complexity index is 307. The number of likely N-dealkylation sites (N-methyl/N-ethyl adjacent to an activating group) is 1. The highest BCUT2D eigenvalue weighted by atomic mass is 35.5. The predicted octanol–water partition coefficient (Wildman–Crippen LogP) is 2.64. The number of nitrogens with one attached hydrogen (secondary N) is 1. The average molecular weight is 275 g/mol. The van der Waals surface area contributed by atoms with E-state index in [0.717, 1.165) is 0 Å². The van der Waals surface area contributed by atoms with Crippen LogP contribution < -0.4 is 5.32 Å². The smallest absolute Gasteiger partial charge is 0.00579 e. The number of halogens is 1. The van der Waals surface area contributed by atoms with Crippen molar-refractivity contribution in [3.05, 3.63) is 22.4 Å². The fraction of sp³-hybridized carbons (Fsp3) is 0.692. The van der Waals surface area contributed by atoms with Gasteiger partial charge in [-0.05, 0) is 43.3 Å². The molecule has 0 radical (unpaired) electrons. The van der Waals surface area contributed by atoms with Gasteiger partial charge in [0.1, 0.15) is 0 Å². The molecule has 1 unspecified atom stereocenters. The Balaban J connectivity index is 0.00000144. The highest BCUT2D eigenvalue weighted by molar-refractivity contribution is 7.09. The van der Waals surface area contributed by atoms with Gasteiger partial charge in [0.15, 0.2) is 0 Å². The molecule has 17 heavy (non-hydrogen) atoms. The molecule has 1 aliphatic rings. The summed E-state index contributed by atoms with van der Waals surface area (Å²) in [6, 6.07) is 4.37. The lowest BCUT2D eigenvalue weighted by Gasteiger charge is -2.29. The quantitative estimate of drug-likeness (QED) is 0.888. The third kappa shape index (κ3) is 4.59. The van der Waals surface area contributed by atoms with E-state index in [1.807, 2.05) is 11.3 Å². The van der Waals surface area contributed by atoms with Crippen LogP contribution in [0.3, 0.4) is 0 Å². The highest BCUT2D eigenvalue weighted by Gasteiger charge is 2.29. The molecule has 0 aliphatic carbocycles. The molecule has 1 aromatic heterocycles. The molecule has 0 saturated carbocycles. The molecule has 0 bridgehead atoms. The van der Waals surface area contributed by atoms with E-state index in [0.29, 0.717) is 5.41 Å². The highest BCUT2D eigenvalue weighted by Crippen LogP contribution is 2.25. The van der Waals surface area contributed by atoms with Crippen LogP contribution in [0.5, 0.6) is 0 Å². The molecular weight excluding hydrogens is 252 g/mol. The van der Waals surface area contributed by atoms with Gasteiger partial charge in [-0.15, -0.1) is 23.7 Å². The van der Waals surface area contributed by atoms with Crippen molar-refractivity contribution < 1.29 is 0 Å². The van der Waals surface area contributed by atoms with E-state index >= 15 is 0 Å². The van der Waals surface area contributed by atoms with Gasteiger partial charge in [-0.25, -0.2) is 0 Å². The molecule has 1 N–H and O–H groups in total. The maximum atomic E-state index is 3.46. The molecule has 4 heteroatoms. The number of thiophene rings is 1. The van der Waals surface area contributed by atoms with E-state index in [1.54, 1.807) is 0 Å². The molecule has 1 saturated heterocycles. The minimum Gasteiger partial charge on any atom is -0.316 e. The van der Waals surface area contributed by atoms with Gasteiger partial charge >= 0.3 is 0 Å². The Morgan fingerprint density at radius 3 is 2.94 bits per heavy atom. The van der Waals surface area contributed by atoms with Gasteiger partial charge < -0.3 is 10.2 Å². The van der Waals surface area contributed by atoms with Crippen LogP contribution in [-0.2, 0) is 6.42 Å². The van der Waals surface area contributed by atoms with Crippen LogP contribution in [0.4, 0.5) is 0 Å². The molecule has 0 spiro atoms. The normalized spacial score (nSPS) is 23.9. The van der Waals surface area contributed by atoms with E-state index in [4.69, 9.17) is 0 Å². The van der Waals surface area contributed by atoms with E-state index in [-0.39, 0.29) is 12.4 Å². The van der Waals surface area contributed by atoms with Gasteiger partial charge in [-0.2, -0.15) is 0 Å². The maximum Gasteiger partial charge on any atom is 0.00579 e. The van der Waals surface area contributed by atoms with E-state index in [1.165, 1.54) is 43.9 Å². The summed E-state index contributed by atoms with van der Waals surface area (Å²) in [5.74, 6) is 0. The van der Waals surface area contributed by atoms with Crippen LogP contribution in [0.2, 0.25) is 0 Å². The van der Waals surface area contributed by atoms with Crippen LogP contribution in [0, 0.1) is 5.41 Å². The Morgan fingerprint density at radius 2 is 2.35 bits per heavy atom. The summed E-state index contributed by atoms with van der Waals surface area (Å²) in [6.07, 6.45) is 2.51. The Morgan fingerprint density at radius 1 is 1.53 bits per heavy atom. The zero-order valence-corrected chi connectivity index (χ0v) is 12.4. The van der Waals surface area contributed by atoms with Gasteiger partial charge in [0.2, 0.25) is 0 Å². The SMILES string of the molecule is CN(CCc1cccs1)CC1(C)CCNC1.Cl. The van der Waals surface area contributed by atoms with Crippen molar-refractivity contribution >= 4 is 23.7 Å². The van der Waals surface area contributed by atoms with Crippen molar-refractivity contribution in [3.63, 3.8) is 0 Å². The second-order valence-corrected chi connectivity index (χ2v) is 6.34. The predicted molar refractivity (Wildman–Crippen MR) is 78.4 cm³/mol. The zero-order valence-electron chi connectivity index (χ0n) is 10.7. The molecule has 1 aromatic rings. The molecule has 1 aliphatic heterocycles. The second-order valence-electron chi connectivity index (χ2n) is 5.30. The summed E-state index contributed by atoms with van der Waals surface area (Å²) < 4.78 is 0. The van der Waals surface area contributed by atoms with Crippen LogP contribution in [0.25, 0.3) is 0 Å². The molecule has 2 heterocycles. The minimum atomic E-state index is 0. The summed E-state index contributed by atoms with van der Waals surface area (Å²) in [5, 5.41) is 5.63. The van der Waals surface area contributed by atoms with E-state index in [9.17, 15) is 0 Å². The van der Waals surface area contributed by atoms with E-state index < -0.39 is 0 Å². The maximum absolute atomic E-state index is 3.46. The third-order valence-electron chi connectivity index (χ3n) is 3.43. The summed E-state index contributed by atoms with van der Waals surface area (Å²) in [4.78, 5) is 3.98. The molecule has 0 amide bonds. The Labute approximate surface area is 115 Å². The van der Waals surface area contributed by atoms with Gasteiger partial charge in [0, 0.05) is 24.5 Å². The molecule has 1 fully saturated rings. The van der Waals surface area contributed by atoms with Crippen molar-refractivity contribution in [2.24, 2.45) is 5.41 Å². The summed E-state index contributed by atoms with van der Waals surface area (Å²) in [7, 11) is 2.25. The first kappa shape index (κ1) is 15.0. The first-order valence-electron chi connectivity index (χ1n) is 6.10. The molecule has 0 aromatic carbocycles. The lowest BCUT2D eigenvalue weighted by molar-refractivity contribution is 0.211. The molecule has 2 nitrogen and oxygen atoms in total. The van der Waals surface area contributed by atoms with Crippen molar-refractivity contribution in [1.29, 1.82) is 0 Å². The van der Waals surface area contributed by atoms with Crippen LogP contribution in [0.1, 0.15) is 18.2 Å². The summed E-state index contributed by atoms with van der Waals surface area (Å²) in [5.41, 5.74) is 0.490. The van der Waals surface area contributed by atoms with Crippen LogP contribution in [0.15, 0.2) is 17.5 Å². The fourth-order valence-electron chi connectivity index (χ4n) is 2.49. The number of nitrogens with zero attached hydrogens (tertiary/aromatic N) is 1. The summed E-state index contributed by atoms with van der Waals surface area (Å²) in [6.45, 7) is 7.15. The molecule has 98 valence electrons.